The van der Waals surface area contributed by atoms with Gasteiger partial charge in [0.15, 0.2) is 0 Å². The van der Waals surface area contributed by atoms with Crippen LogP contribution < -0.4 is 0 Å². The molecule has 0 unspecified atom stereocenters. The van der Waals surface area contributed by atoms with Gasteiger partial charge in [-0.05, 0) is 56.7 Å². The van der Waals surface area contributed by atoms with Crippen molar-refractivity contribution in [3.63, 3.8) is 0 Å². The fraction of sp³-hybridized carbons (Fsp3) is 0.594. The third-order valence-corrected chi connectivity index (χ3v) is 5.48. The molecule has 0 radical (unpaired) electrons. The molecule has 0 aromatic carbocycles. The Kier molecular flexibility index (Phi) is 14.1. The zero-order valence-electron chi connectivity index (χ0n) is 24.6. The van der Waals surface area contributed by atoms with Crippen molar-refractivity contribution in [1.29, 1.82) is 0 Å². The quantitative estimate of drug-likeness (QED) is 0.303. The zero-order valence-corrected chi connectivity index (χ0v) is 24.6. The molecule has 3 rings (SSSR count). The van der Waals surface area contributed by atoms with Crippen LogP contribution in [0.2, 0.25) is 0 Å². The van der Waals surface area contributed by atoms with Gasteiger partial charge in [0.05, 0.1) is 11.4 Å². The molecule has 3 aromatic heterocycles. The molecule has 3 aromatic rings. The average molecular weight is 510 g/mol. The van der Waals surface area contributed by atoms with Crippen LogP contribution in [0, 0.1) is 34.6 Å². The largest absolute Gasteiger partial charge is 0.261 e. The topological polar surface area (TPSA) is 64.5 Å². The van der Waals surface area contributed by atoms with Crippen molar-refractivity contribution in [2.45, 2.75) is 128 Å². The Morgan fingerprint density at radius 2 is 1.11 bits per heavy atom. The Balaban J connectivity index is 0. The predicted octanol–water partition coefficient (Wildman–Crippen LogP) is 8.74. The lowest BCUT2D eigenvalue weighted by Crippen LogP contribution is -2.16. The molecule has 3 heterocycles. The highest BCUT2D eigenvalue weighted by atomic mass is 14.9. The Labute approximate surface area is 229 Å². The van der Waals surface area contributed by atoms with Gasteiger partial charge in [0, 0.05) is 47.0 Å². The fourth-order valence-corrected chi connectivity index (χ4v) is 3.07. The Morgan fingerprint density at radius 3 is 1.49 bits per heavy atom. The van der Waals surface area contributed by atoms with E-state index in [2.05, 4.69) is 107 Å². The van der Waals surface area contributed by atoms with E-state index in [1.165, 1.54) is 11.1 Å². The summed E-state index contributed by atoms with van der Waals surface area (Å²) < 4.78 is 0. The molecule has 0 aliphatic heterocycles. The summed E-state index contributed by atoms with van der Waals surface area (Å²) in [6.07, 6.45) is 7.46. The lowest BCUT2D eigenvalue weighted by molar-refractivity contribution is 0.542. The van der Waals surface area contributed by atoms with Crippen molar-refractivity contribution in [3.8, 4) is 0 Å². The molecular weight excluding hydrogens is 454 g/mol. The highest BCUT2D eigenvalue weighted by Crippen LogP contribution is 2.24. The molecule has 0 spiro atoms. The number of aryl methyl sites for hydroxylation is 5. The molecule has 5 nitrogen and oxygen atoms in total. The predicted molar refractivity (Wildman–Crippen MR) is 162 cm³/mol. The first-order chi connectivity index (χ1) is 15.8. The van der Waals surface area contributed by atoms with Crippen LogP contribution in [0.1, 0.15) is 122 Å². The molecule has 0 N–H and O–H groups in total. The van der Waals surface area contributed by atoms with Crippen LogP contribution in [0.25, 0.3) is 0 Å². The van der Waals surface area contributed by atoms with Gasteiger partial charge in [0.25, 0.3) is 0 Å². The van der Waals surface area contributed by atoms with Crippen molar-refractivity contribution in [2.75, 3.05) is 0 Å². The summed E-state index contributed by atoms with van der Waals surface area (Å²) >= 11 is 0. The summed E-state index contributed by atoms with van der Waals surface area (Å²) in [6, 6.07) is 2.22. The summed E-state index contributed by atoms with van der Waals surface area (Å²) in [5.41, 5.74) is 8.36. The van der Waals surface area contributed by atoms with Gasteiger partial charge >= 0.3 is 0 Å². The van der Waals surface area contributed by atoms with Gasteiger partial charge in [-0.15, -0.1) is 0 Å². The molecule has 0 aliphatic rings. The van der Waals surface area contributed by atoms with E-state index in [-0.39, 0.29) is 31.1 Å². The molecule has 0 fully saturated rings. The summed E-state index contributed by atoms with van der Waals surface area (Å²) in [5, 5.41) is 0. The fourth-order valence-electron chi connectivity index (χ4n) is 3.07. The molecular formula is C32H55N5. The Morgan fingerprint density at radius 1 is 0.541 bits per heavy atom. The van der Waals surface area contributed by atoms with Gasteiger partial charge in [-0.2, -0.15) is 0 Å². The molecule has 0 saturated heterocycles. The number of rotatable bonds is 0. The smallest absolute Gasteiger partial charge is 0.133 e. The van der Waals surface area contributed by atoms with Gasteiger partial charge < -0.3 is 0 Å². The molecule has 0 amide bonds. The van der Waals surface area contributed by atoms with E-state index in [1.54, 1.807) is 6.20 Å². The third-order valence-electron chi connectivity index (χ3n) is 5.48. The van der Waals surface area contributed by atoms with E-state index in [4.69, 9.17) is 0 Å². The third kappa shape index (κ3) is 12.4. The van der Waals surface area contributed by atoms with Crippen LogP contribution in [-0.2, 0) is 16.2 Å². The second-order valence-electron chi connectivity index (χ2n) is 12.4. The minimum atomic E-state index is 0. The molecule has 208 valence electrons. The van der Waals surface area contributed by atoms with Crippen molar-refractivity contribution in [3.05, 3.63) is 76.1 Å². The van der Waals surface area contributed by atoms with Crippen molar-refractivity contribution >= 4 is 0 Å². The number of nitrogens with zero attached hydrogens (tertiary/aromatic N) is 5. The molecule has 37 heavy (non-hydrogen) atoms. The molecule has 0 bridgehead atoms. The minimum absolute atomic E-state index is 0. The molecule has 0 saturated carbocycles. The van der Waals surface area contributed by atoms with Crippen LogP contribution in [-0.4, -0.2) is 24.9 Å². The first-order valence-electron chi connectivity index (χ1n) is 12.4. The van der Waals surface area contributed by atoms with Crippen molar-refractivity contribution < 1.29 is 0 Å². The van der Waals surface area contributed by atoms with Crippen LogP contribution in [0.5, 0.6) is 0 Å². The molecule has 0 atom stereocenters. The van der Waals surface area contributed by atoms with E-state index >= 15 is 0 Å². The number of hydrogen-bond donors (Lipinski definition) is 0. The maximum atomic E-state index is 4.43. The lowest BCUT2D eigenvalue weighted by Gasteiger charge is -2.21. The van der Waals surface area contributed by atoms with E-state index in [1.807, 2.05) is 39.4 Å². The minimum Gasteiger partial charge on any atom is -0.261 e. The SMILES string of the molecule is C.C.Cc1cnc(C(C)(C)C)cn1.Cc1cnc(C(C)(C)C)nc1C.Cc1cnc(C)c(C(C)(C)C)c1. The first-order valence-corrected chi connectivity index (χ1v) is 12.4. The summed E-state index contributed by atoms with van der Waals surface area (Å²) in [5.74, 6) is 0.922. The number of aromatic nitrogens is 5. The summed E-state index contributed by atoms with van der Waals surface area (Å²) in [7, 11) is 0. The Bertz CT molecular complexity index is 1080. The zero-order chi connectivity index (χ0) is 27.2. The van der Waals surface area contributed by atoms with Crippen LogP contribution in [0.3, 0.4) is 0 Å². The summed E-state index contributed by atoms with van der Waals surface area (Å²) in [4.78, 5) is 21.5. The van der Waals surface area contributed by atoms with Gasteiger partial charge in [-0.25, -0.2) is 9.97 Å². The second kappa shape index (κ2) is 14.3. The van der Waals surface area contributed by atoms with E-state index in [0.29, 0.717) is 0 Å². The second-order valence-corrected chi connectivity index (χ2v) is 12.4. The van der Waals surface area contributed by atoms with E-state index < -0.39 is 0 Å². The number of pyridine rings is 1. The normalized spacial score (nSPS) is 11.1. The van der Waals surface area contributed by atoms with Gasteiger partial charge in [0.2, 0.25) is 0 Å². The highest BCUT2D eigenvalue weighted by molar-refractivity contribution is 5.29. The average Bonchev–Trinajstić information content (AvgIpc) is 2.71. The van der Waals surface area contributed by atoms with Crippen molar-refractivity contribution in [2.24, 2.45) is 0 Å². The number of hydrogen-bond acceptors (Lipinski definition) is 5. The van der Waals surface area contributed by atoms with Gasteiger partial charge in [0.1, 0.15) is 5.82 Å². The van der Waals surface area contributed by atoms with Gasteiger partial charge in [-0.1, -0.05) is 83.2 Å². The molecule has 0 aliphatic carbocycles. The first kappa shape index (κ1) is 36.5. The van der Waals surface area contributed by atoms with Crippen LogP contribution >= 0.6 is 0 Å². The van der Waals surface area contributed by atoms with Crippen LogP contribution in [0.15, 0.2) is 30.9 Å². The highest BCUT2D eigenvalue weighted by Gasteiger charge is 2.18. The van der Waals surface area contributed by atoms with Crippen molar-refractivity contribution in [1.82, 2.24) is 24.9 Å². The monoisotopic (exact) mass is 509 g/mol. The lowest BCUT2D eigenvalue weighted by atomic mass is 9.85. The van der Waals surface area contributed by atoms with Gasteiger partial charge in [-0.3, -0.25) is 15.0 Å². The maximum absolute atomic E-state index is 4.43. The molecule has 5 heteroatoms. The Hall–Kier alpha value is -2.69. The standard InChI is InChI=1S/C11H17N.C10H16N2.C9H14N2.2CH4/c1-8-6-10(11(3,4)5)9(2)12-7-8;1-7-6-11-9(10(3,4)5)12-8(7)2;1-7-5-11-8(6-10-7)9(2,3)4;;/h6-7H,1-5H3;6H,1-5H3;5-6H,1-4H3;2*1H4. The van der Waals surface area contributed by atoms with E-state index in [0.717, 1.165) is 34.2 Å². The maximum Gasteiger partial charge on any atom is 0.133 e. The summed E-state index contributed by atoms with van der Waals surface area (Å²) in [6.45, 7) is 29.6. The van der Waals surface area contributed by atoms with E-state index in [9.17, 15) is 0 Å². The van der Waals surface area contributed by atoms with Crippen LogP contribution in [0.4, 0.5) is 0 Å².